The van der Waals surface area contributed by atoms with Crippen LogP contribution in [0, 0.1) is 6.92 Å². The van der Waals surface area contributed by atoms with E-state index in [1.165, 1.54) is 18.4 Å². The number of aryl methyl sites for hydroxylation is 1. The molecule has 2 heterocycles. The monoisotopic (exact) mass is 286 g/mol. The normalized spacial score (nSPS) is 22.8. The molecule has 19 heavy (non-hydrogen) atoms. The van der Waals surface area contributed by atoms with Gasteiger partial charge in [-0.25, -0.2) is 9.78 Å². The summed E-state index contributed by atoms with van der Waals surface area (Å²) in [7, 11) is 4.71. The maximum absolute atomic E-state index is 11.6. The highest BCUT2D eigenvalue weighted by atomic mass is 32.1. The quantitative estimate of drug-likeness (QED) is 0.772. The van der Waals surface area contributed by atoms with Gasteiger partial charge in [-0.05, 0) is 6.92 Å². The Morgan fingerprint density at radius 1 is 1.26 bits per heavy atom. The summed E-state index contributed by atoms with van der Waals surface area (Å²) in [5, 5.41) is 0.805. The first-order chi connectivity index (χ1) is 9.10. The minimum atomic E-state index is -0.397. The zero-order chi connectivity index (χ0) is 14.0. The second-order valence-corrected chi connectivity index (χ2v) is 5.53. The van der Waals surface area contributed by atoms with Gasteiger partial charge in [0.05, 0.1) is 7.11 Å². The molecule has 2 atom stereocenters. The van der Waals surface area contributed by atoms with Gasteiger partial charge in [0, 0.05) is 32.2 Å². The predicted octanol–water partition coefficient (Wildman–Crippen LogP) is 1.09. The summed E-state index contributed by atoms with van der Waals surface area (Å²) in [4.78, 5) is 18.9. The first-order valence-electron chi connectivity index (χ1n) is 5.97. The Kier molecular flexibility index (Phi) is 4.38. The van der Waals surface area contributed by atoms with Crippen LogP contribution < -0.4 is 4.90 Å². The SMILES string of the molecule is COC(=O)c1nc(N2CC(OC)C(OC)C2)sc1C. The van der Waals surface area contributed by atoms with Gasteiger partial charge in [0.2, 0.25) is 0 Å². The number of methoxy groups -OCH3 is 3. The van der Waals surface area contributed by atoms with Crippen LogP contribution in [-0.2, 0) is 14.2 Å². The van der Waals surface area contributed by atoms with Gasteiger partial charge in [0.15, 0.2) is 10.8 Å². The smallest absolute Gasteiger partial charge is 0.357 e. The highest BCUT2D eigenvalue weighted by molar-refractivity contribution is 7.15. The van der Waals surface area contributed by atoms with E-state index in [-0.39, 0.29) is 12.2 Å². The number of thiazole rings is 1. The van der Waals surface area contributed by atoms with Crippen LogP contribution in [0.15, 0.2) is 0 Å². The topological polar surface area (TPSA) is 60.9 Å². The van der Waals surface area contributed by atoms with E-state index in [0.717, 1.165) is 10.0 Å². The molecule has 0 radical (unpaired) electrons. The molecule has 0 spiro atoms. The molecule has 1 aromatic rings. The summed E-state index contributed by atoms with van der Waals surface area (Å²) in [6.45, 7) is 3.29. The van der Waals surface area contributed by atoms with E-state index in [1.54, 1.807) is 14.2 Å². The fourth-order valence-electron chi connectivity index (χ4n) is 2.16. The van der Waals surface area contributed by atoms with Gasteiger partial charge in [0.25, 0.3) is 0 Å². The third-order valence-electron chi connectivity index (χ3n) is 3.26. The average molecular weight is 286 g/mol. The molecule has 1 saturated heterocycles. The zero-order valence-corrected chi connectivity index (χ0v) is 12.3. The number of hydrogen-bond donors (Lipinski definition) is 0. The van der Waals surface area contributed by atoms with Crippen LogP contribution >= 0.6 is 11.3 Å². The fourth-order valence-corrected chi connectivity index (χ4v) is 3.07. The van der Waals surface area contributed by atoms with Crippen molar-refractivity contribution in [3.63, 3.8) is 0 Å². The summed E-state index contributed by atoms with van der Waals surface area (Å²) in [6, 6.07) is 0. The van der Waals surface area contributed by atoms with Gasteiger partial charge in [-0.15, -0.1) is 11.3 Å². The first kappa shape index (κ1) is 14.2. The van der Waals surface area contributed by atoms with Crippen molar-refractivity contribution in [1.82, 2.24) is 4.98 Å². The van der Waals surface area contributed by atoms with Crippen molar-refractivity contribution in [2.75, 3.05) is 39.3 Å². The predicted molar refractivity (Wildman–Crippen MR) is 72.0 cm³/mol. The van der Waals surface area contributed by atoms with Crippen molar-refractivity contribution < 1.29 is 19.0 Å². The molecule has 2 unspecified atom stereocenters. The highest BCUT2D eigenvalue weighted by Gasteiger charge is 2.35. The third kappa shape index (κ3) is 2.72. The number of ether oxygens (including phenoxy) is 3. The van der Waals surface area contributed by atoms with Crippen molar-refractivity contribution in [2.45, 2.75) is 19.1 Å². The Labute approximate surface area is 116 Å². The van der Waals surface area contributed by atoms with E-state index in [0.29, 0.717) is 18.8 Å². The van der Waals surface area contributed by atoms with Crippen LogP contribution in [0.1, 0.15) is 15.4 Å². The molecule has 0 saturated carbocycles. The van der Waals surface area contributed by atoms with E-state index in [2.05, 4.69) is 9.88 Å². The lowest BCUT2D eigenvalue weighted by atomic mass is 10.3. The van der Waals surface area contributed by atoms with Crippen LogP contribution in [0.5, 0.6) is 0 Å². The lowest BCUT2D eigenvalue weighted by Crippen LogP contribution is -2.27. The summed E-state index contributed by atoms with van der Waals surface area (Å²) in [5.74, 6) is -0.397. The Hall–Kier alpha value is -1.18. The van der Waals surface area contributed by atoms with Gasteiger partial charge in [0.1, 0.15) is 12.2 Å². The number of rotatable bonds is 4. The van der Waals surface area contributed by atoms with Gasteiger partial charge in [-0.2, -0.15) is 0 Å². The van der Waals surface area contributed by atoms with E-state index in [4.69, 9.17) is 14.2 Å². The van der Waals surface area contributed by atoms with E-state index >= 15 is 0 Å². The minimum Gasteiger partial charge on any atom is -0.464 e. The molecular weight excluding hydrogens is 268 g/mol. The van der Waals surface area contributed by atoms with E-state index in [9.17, 15) is 4.79 Å². The lowest BCUT2D eigenvalue weighted by Gasteiger charge is -2.13. The summed E-state index contributed by atoms with van der Waals surface area (Å²) in [5.41, 5.74) is 0.386. The first-order valence-corrected chi connectivity index (χ1v) is 6.78. The van der Waals surface area contributed by atoms with E-state index < -0.39 is 5.97 Å². The maximum atomic E-state index is 11.6. The van der Waals surface area contributed by atoms with Crippen molar-refractivity contribution >= 4 is 22.4 Å². The number of aromatic nitrogens is 1. The molecule has 0 N–H and O–H groups in total. The Morgan fingerprint density at radius 3 is 2.32 bits per heavy atom. The zero-order valence-electron chi connectivity index (χ0n) is 11.5. The van der Waals surface area contributed by atoms with Crippen LogP contribution in [0.2, 0.25) is 0 Å². The molecule has 2 rings (SSSR count). The minimum absolute atomic E-state index is 0.0239. The van der Waals surface area contributed by atoms with Crippen molar-refractivity contribution in [2.24, 2.45) is 0 Å². The number of carbonyl (C=O) groups excluding carboxylic acids is 1. The largest absolute Gasteiger partial charge is 0.464 e. The number of esters is 1. The number of nitrogens with zero attached hydrogens (tertiary/aromatic N) is 2. The Morgan fingerprint density at radius 2 is 1.84 bits per heavy atom. The fraction of sp³-hybridized carbons (Fsp3) is 0.667. The number of hydrogen-bond acceptors (Lipinski definition) is 7. The molecule has 6 nitrogen and oxygen atoms in total. The molecule has 1 aromatic heterocycles. The van der Waals surface area contributed by atoms with Crippen LogP contribution in [0.25, 0.3) is 0 Å². The second-order valence-electron chi connectivity index (χ2n) is 4.35. The molecule has 0 bridgehead atoms. The molecule has 0 aliphatic carbocycles. The van der Waals surface area contributed by atoms with Gasteiger partial charge >= 0.3 is 5.97 Å². The average Bonchev–Trinajstić information content (AvgIpc) is 3.00. The van der Waals surface area contributed by atoms with Crippen LogP contribution in [0.3, 0.4) is 0 Å². The maximum Gasteiger partial charge on any atom is 0.357 e. The number of anilines is 1. The molecule has 1 fully saturated rings. The number of carbonyl (C=O) groups is 1. The molecule has 7 heteroatoms. The van der Waals surface area contributed by atoms with Crippen LogP contribution in [0.4, 0.5) is 5.13 Å². The van der Waals surface area contributed by atoms with E-state index in [1.807, 2.05) is 6.92 Å². The lowest BCUT2D eigenvalue weighted by molar-refractivity contribution is -0.00461. The van der Waals surface area contributed by atoms with Crippen molar-refractivity contribution in [1.29, 1.82) is 0 Å². The third-order valence-corrected chi connectivity index (χ3v) is 4.29. The molecule has 1 aliphatic rings. The Balaban J connectivity index is 2.17. The molecule has 0 aromatic carbocycles. The molecule has 0 amide bonds. The molecule has 106 valence electrons. The second kappa shape index (κ2) is 5.85. The highest BCUT2D eigenvalue weighted by Crippen LogP contribution is 2.30. The van der Waals surface area contributed by atoms with Gasteiger partial charge < -0.3 is 19.1 Å². The molecular formula is C12H18N2O4S. The van der Waals surface area contributed by atoms with Crippen LogP contribution in [-0.4, -0.2) is 57.6 Å². The van der Waals surface area contributed by atoms with Gasteiger partial charge in [-0.3, -0.25) is 0 Å². The summed E-state index contributed by atoms with van der Waals surface area (Å²) >= 11 is 1.48. The molecule has 1 aliphatic heterocycles. The van der Waals surface area contributed by atoms with Gasteiger partial charge in [-0.1, -0.05) is 0 Å². The summed E-state index contributed by atoms with van der Waals surface area (Å²) in [6.07, 6.45) is 0.0477. The summed E-state index contributed by atoms with van der Waals surface area (Å²) < 4.78 is 15.5. The van der Waals surface area contributed by atoms with Crippen molar-refractivity contribution in [3.05, 3.63) is 10.6 Å². The Bertz CT molecular complexity index is 451. The standard InChI is InChI=1S/C12H18N2O4S/c1-7-10(11(15)18-4)13-12(19-7)14-5-8(16-2)9(6-14)17-3/h8-9H,5-6H2,1-4H3. The van der Waals surface area contributed by atoms with Crippen molar-refractivity contribution in [3.8, 4) is 0 Å².